The minimum Gasteiger partial charge on any atom is -0.320 e. The van der Waals surface area contributed by atoms with Crippen molar-refractivity contribution >= 4 is 27.3 Å². The fourth-order valence-electron chi connectivity index (χ4n) is 1.34. The van der Waals surface area contributed by atoms with Gasteiger partial charge in [-0.1, -0.05) is 30.4 Å². The Morgan fingerprint density at radius 1 is 1.44 bits per heavy atom. The average molecular weight is 287 g/mol. The molecule has 0 radical (unpaired) electrons. The summed E-state index contributed by atoms with van der Waals surface area (Å²) in [5.41, 5.74) is 6.24. The van der Waals surface area contributed by atoms with E-state index in [0.29, 0.717) is 22.7 Å². The van der Waals surface area contributed by atoms with E-state index >= 15 is 0 Å². The van der Waals surface area contributed by atoms with Crippen molar-refractivity contribution in [3.8, 4) is 11.8 Å². The SMILES string of the molecule is CCCS(=O)(=O)Nc1cc(Cl)ccc1C#CCN. The Hall–Kier alpha value is -1.22. The molecule has 0 aliphatic carbocycles. The Kier molecular flexibility index (Phi) is 5.48. The summed E-state index contributed by atoms with van der Waals surface area (Å²) in [6, 6.07) is 4.85. The van der Waals surface area contributed by atoms with Gasteiger partial charge < -0.3 is 5.73 Å². The molecule has 0 fully saturated rings. The van der Waals surface area contributed by atoms with Crippen LogP contribution in [0.25, 0.3) is 0 Å². The summed E-state index contributed by atoms with van der Waals surface area (Å²) < 4.78 is 25.9. The standard InChI is InChI=1S/C12H15ClN2O2S/c1-2-8-18(16,17)15-12-9-11(13)6-5-10(12)4-3-7-14/h5-6,9,15H,2,7-8,14H2,1H3. The van der Waals surface area contributed by atoms with Crippen molar-refractivity contribution in [1.82, 2.24) is 0 Å². The first-order valence-corrected chi connectivity index (χ1v) is 7.50. The average Bonchev–Trinajstić information content (AvgIpc) is 2.27. The molecule has 0 spiro atoms. The molecule has 0 heterocycles. The topological polar surface area (TPSA) is 72.2 Å². The predicted molar refractivity (Wildman–Crippen MR) is 75.1 cm³/mol. The number of halogens is 1. The van der Waals surface area contributed by atoms with Crippen molar-refractivity contribution in [3.63, 3.8) is 0 Å². The zero-order valence-corrected chi connectivity index (χ0v) is 11.6. The molecule has 3 N–H and O–H groups in total. The zero-order chi connectivity index (χ0) is 13.6. The maximum Gasteiger partial charge on any atom is 0.232 e. The van der Waals surface area contributed by atoms with Crippen molar-refractivity contribution in [2.75, 3.05) is 17.0 Å². The van der Waals surface area contributed by atoms with Gasteiger partial charge in [0.05, 0.1) is 18.0 Å². The molecule has 0 aromatic heterocycles. The van der Waals surface area contributed by atoms with Gasteiger partial charge in [-0.2, -0.15) is 0 Å². The third-order valence-electron chi connectivity index (χ3n) is 2.05. The van der Waals surface area contributed by atoms with Gasteiger partial charge in [-0.05, 0) is 24.6 Å². The van der Waals surface area contributed by atoms with Crippen molar-refractivity contribution in [2.45, 2.75) is 13.3 Å². The van der Waals surface area contributed by atoms with Gasteiger partial charge in [0.2, 0.25) is 10.0 Å². The molecule has 4 nitrogen and oxygen atoms in total. The summed E-state index contributed by atoms with van der Waals surface area (Å²) in [5.74, 6) is 5.55. The lowest BCUT2D eigenvalue weighted by Crippen LogP contribution is -2.16. The van der Waals surface area contributed by atoms with E-state index in [9.17, 15) is 8.42 Å². The van der Waals surface area contributed by atoms with Gasteiger partial charge in [0.15, 0.2) is 0 Å². The molecule has 0 bridgehead atoms. The van der Waals surface area contributed by atoms with Crippen LogP contribution in [0.5, 0.6) is 0 Å². The molecule has 0 unspecified atom stereocenters. The van der Waals surface area contributed by atoms with E-state index in [0.717, 1.165) is 0 Å². The van der Waals surface area contributed by atoms with E-state index in [2.05, 4.69) is 16.6 Å². The lowest BCUT2D eigenvalue weighted by Gasteiger charge is -2.09. The Morgan fingerprint density at radius 2 is 2.17 bits per heavy atom. The van der Waals surface area contributed by atoms with Crippen LogP contribution < -0.4 is 10.5 Å². The molecule has 6 heteroatoms. The maximum atomic E-state index is 11.7. The normalized spacial score (nSPS) is 10.6. The van der Waals surface area contributed by atoms with Crippen LogP contribution in [0, 0.1) is 11.8 Å². The van der Waals surface area contributed by atoms with Crippen LogP contribution in [0.2, 0.25) is 5.02 Å². The van der Waals surface area contributed by atoms with Crippen LogP contribution in [0.3, 0.4) is 0 Å². The number of hydrogen-bond donors (Lipinski definition) is 2. The number of anilines is 1. The molecule has 1 aromatic rings. The highest BCUT2D eigenvalue weighted by atomic mass is 35.5. The van der Waals surface area contributed by atoms with Gasteiger partial charge in [0.1, 0.15) is 0 Å². The minimum absolute atomic E-state index is 0.0588. The molecular formula is C12H15ClN2O2S. The highest BCUT2D eigenvalue weighted by molar-refractivity contribution is 7.92. The van der Waals surface area contributed by atoms with Crippen LogP contribution >= 0.6 is 11.6 Å². The summed E-state index contributed by atoms with van der Waals surface area (Å²) in [7, 11) is -3.36. The lowest BCUT2D eigenvalue weighted by molar-refractivity contribution is 0.600. The second-order valence-electron chi connectivity index (χ2n) is 3.62. The molecular weight excluding hydrogens is 272 g/mol. The number of nitrogens with one attached hydrogen (secondary N) is 1. The molecule has 1 rings (SSSR count). The largest absolute Gasteiger partial charge is 0.320 e. The molecule has 0 aliphatic heterocycles. The zero-order valence-electron chi connectivity index (χ0n) is 10.0. The summed E-state index contributed by atoms with van der Waals surface area (Å²) >= 11 is 5.85. The number of hydrogen-bond acceptors (Lipinski definition) is 3. The van der Waals surface area contributed by atoms with E-state index in [-0.39, 0.29) is 12.3 Å². The van der Waals surface area contributed by atoms with Crippen LogP contribution in [-0.4, -0.2) is 20.7 Å². The number of nitrogens with two attached hydrogens (primary N) is 1. The maximum absolute atomic E-state index is 11.7. The monoisotopic (exact) mass is 286 g/mol. The van der Waals surface area contributed by atoms with Gasteiger partial charge >= 0.3 is 0 Å². The Bertz CT molecular complexity index is 573. The van der Waals surface area contributed by atoms with Crippen molar-refractivity contribution < 1.29 is 8.42 Å². The number of benzene rings is 1. The van der Waals surface area contributed by atoms with E-state index in [1.165, 1.54) is 6.07 Å². The molecule has 1 aromatic carbocycles. The molecule has 0 amide bonds. The summed E-state index contributed by atoms with van der Waals surface area (Å²) in [5, 5.41) is 0.447. The Labute approximate surface area is 113 Å². The molecule has 18 heavy (non-hydrogen) atoms. The molecule has 0 saturated heterocycles. The first kappa shape index (κ1) is 14.8. The second-order valence-corrected chi connectivity index (χ2v) is 5.90. The van der Waals surface area contributed by atoms with Gasteiger partial charge in [0, 0.05) is 10.6 Å². The first-order chi connectivity index (χ1) is 8.48. The van der Waals surface area contributed by atoms with Crippen LogP contribution in [0.1, 0.15) is 18.9 Å². The molecule has 0 saturated carbocycles. The third-order valence-corrected chi connectivity index (χ3v) is 3.76. The van der Waals surface area contributed by atoms with Gasteiger partial charge in [0.25, 0.3) is 0 Å². The van der Waals surface area contributed by atoms with E-state index in [1.807, 2.05) is 0 Å². The van der Waals surface area contributed by atoms with Crippen molar-refractivity contribution in [3.05, 3.63) is 28.8 Å². The summed E-state index contributed by atoms with van der Waals surface area (Å²) in [4.78, 5) is 0. The van der Waals surface area contributed by atoms with Crippen LogP contribution in [-0.2, 0) is 10.0 Å². The highest BCUT2D eigenvalue weighted by Crippen LogP contribution is 2.21. The van der Waals surface area contributed by atoms with E-state index < -0.39 is 10.0 Å². The predicted octanol–water partition coefficient (Wildman–Crippen LogP) is 1.80. The Morgan fingerprint density at radius 3 is 2.78 bits per heavy atom. The van der Waals surface area contributed by atoms with Gasteiger partial charge in [-0.3, -0.25) is 4.72 Å². The van der Waals surface area contributed by atoms with Crippen molar-refractivity contribution in [2.24, 2.45) is 5.73 Å². The highest BCUT2D eigenvalue weighted by Gasteiger charge is 2.11. The quantitative estimate of drug-likeness (QED) is 0.829. The molecule has 0 aliphatic rings. The van der Waals surface area contributed by atoms with Crippen LogP contribution in [0.4, 0.5) is 5.69 Å². The summed E-state index contributed by atoms with van der Waals surface area (Å²) in [6.45, 7) is 2.01. The summed E-state index contributed by atoms with van der Waals surface area (Å²) in [6.07, 6.45) is 0.541. The fourth-order valence-corrected chi connectivity index (χ4v) is 2.66. The van der Waals surface area contributed by atoms with E-state index in [1.54, 1.807) is 19.1 Å². The lowest BCUT2D eigenvalue weighted by atomic mass is 10.2. The third kappa shape index (κ3) is 4.57. The van der Waals surface area contributed by atoms with Crippen LogP contribution in [0.15, 0.2) is 18.2 Å². The van der Waals surface area contributed by atoms with Gasteiger partial charge in [-0.25, -0.2) is 8.42 Å². The Balaban J connectivity index is 3.10. The fraction of sp³-hybridized carbons (Fsp3) is 0.333. The number of rotatable bonds is 4. The van der Waals surface area contributed by atoms with Gasteiger partial charge in [-0.15, -0.1) is 0 Å². The van der Waals surface area contributed by atoms with E-state index in [4.69, 9.17) is 17.3 Å². The smallest absolute Gasteiger partial charge is 0.232 e. The molecule has 0 atom stereocenters. The number of sulfonamides is 1. The minimum atomic E-state index is -3.36. The first-order valence-electron chi connectivity index (χ1n) is 5.47. The second kappa shape index (κ2) is 6.64. The molecule has 98 valence electrons. The van der Waals surface area contributed by atoms with Crippen molar-refractivity contribution in [1.29, 1.82) is 0 Å².